The molecule has 0 spiro atoms. The van der Waals surface area contributed by atoms with Crippen molar-refractivity contribution in [1.29, 1.82) is 0 Å². The van der Waals surface area contributed by atoms with Gasteiger partial charge in [0.05, 0.1) is 6.61 Å². The molecule has 0 radical (unpaired) electrons. The first kappa shape index (κ1) is 18.0. The van der Waals surface area contributed by atoms with E-state index in [1.165, 1.54) is 51.4 Å². The average molecular weight is 314 g/mol. The third-order valence-electron chi connectivity index (χ3n) is 4.37. The van der Waals surface area contributed by atoms with Crippen LogP contribution in [-0.2, 0) is 4.74 Å². The van der Waals surface area contributed by atoms with Gasteiger partial charge in [-0.15, -0.1) is 0 Å². The lowest BCUT2D eigenvalue weighted by molar-refractivity contribution is 0.242. The third kappa shape index (κ3) is 6.77. The van der Waals surface area contributed by atoms with Gasteiger partial charge in [0.2, 0.25) is 0 Å². The minimum atomic E-state index is -0.0180. The number of rotatable bonds is 10. The lowest BCUT2D eigenvalue weighted by Crippen LogP contribution is -1.94. The molecule has 126 valence electrons. The standard InChI is InChI=1S/C21H30O2/c1-2-3-4-5-6-7-8-9-10-11-13-18-14-12-15-19(16-18)21-20(17-22)23-21/h12,14-16,20-22H,2-10,17H2,1H3. The van der Waals surface area contributed by atoms with Gasteiger partial charge >= 0.3 is 0 Å². The first-order chi connectivity index (χ1) is 11.3. The minimum Gasteiger partial charge on any atom is -0.394 e. The second-order valence-electron chi connectivity index (χ2n) is 6.43. The van der Waals surface area contributed by atoms with Gasteiger partial charge in [0.1, 0.15) is 12.2 Å². The Kier molecular flexibility index (Phi) is 8.21. The summed E-state index contributed by atoms with van der Waals surface area (Å²) in [6.07, 6.45) is 11.8. The predicted molar refractivity (Wildman–Crippen MR) is 95.2 cm³/mol. The van der Waals surface area contributed by atoms with Crippen LogP contribution >= 0.6 is 0 Å². The molecule has 23 heavy (non-hydrogen) atoms. The molecule has 2 heteroatoms. The largest absolute Gasteiger partial charge is 0.394 e. The third-order valence-corrected chi connectivity index (χ3v) is 4.37. The number of epoxide rings is 1. The van der Waals surface area contributed by atoms with E-state index < -0.39 is 0 Å². The van der Waals surface area contributed by atoms with Crippen molar-refractivity contribution in [1.82, 2.24) is 0 Å². The maximum Gasteiger partial charge on any atom is 0.112 e. The van der Waals surface area contributed by atoms with E-state index in [-0.39, 0.29) is 18.8 Å². The zero-order valence-corrected chi connectivity index (χ0v) is 14.4. The Balaban J connectivity index is 1.60. The van der Waals surface area contributed by atoms with E-state index >= 15 is 0 Å². The zero-order chi connectivity index (χ0) is 16.3. The topological polar surface area (TPSA) is 32.8 Å². The predicted octanol–water partition coefficient (Wildman–Crippen LogP) is 5.00. The Hall–Kier alpha value is -1.30. The smallest absolute Gasteiger partial charge is 0.112 e. The highest BCUT2D eigenvalue weighted by molar-refractivity contribution is 5.39. The maximum absolute atomic E-state index is 9.06. The Morgan fingerprint density at radius 2 is 1.78 bits per heavy atom. The summed E-state index contributed by atoms with van der Waals surface area (Å²) in [6, 6.07) is 8.19. The summed E-state index contributed by atoms with van der Waals surface area (Å²) in [5.74, 6) is 6.54. The van der Waals surface area contributed by atoms with Gasteiger partial charge in [-0.2, -0.15) is 0 Å². The van der Waals surface area contributed by atoms with E-state index in [4.69, 9.17) is 9.84 Å². The molecule has 1 aromatic carbocycles. The van der Waals surface area contributed by atoms with Crippen LogP contribution in [0, 0.1) is 11.8 Å². The molecule has 2 unspecified atom stereocenters. The Labute approximate surface area is 141 Å². The van der Waals surface area contributed by atoms with Crippen molar-refractivity contribution in [2.24, 2.45) is 0 Å². The van der Waals surface area contributed by atoms with E-state index in [1.54, 1.807) is 0 Å². The summed E-state index contributed by atoms with van der Waals surface area (Å²) in [5, 5.41) is 9.06. The van der Waals surface area contributed by atoms with Crippen LogP contribution in [0.3, 0.4) is 0 Å². The van der Waals surface area contributed by atoms with Gasteiger partial charge in [-0.3, -0.25) is 0 Å². The Bertz CT molecular complexity index is 512. The van der Waals surface area contributed by atoms with Crippen molar-refractivity contribution in [2.75, 3.05) is 6.61 Å². The summed E-state index contributed by atoms with van der Waals surface area (Å²) >= 11 is 0. The zero-order valence-electron chi connectivity index (χ0n) is 14.4. The second-order valence-corrected chi connectivity index (χ2v) is 6.43. The van der Waals surface area contributed by atoms with Crippen LogP contribution in [0.1, 0.15) is 81.9 Å². The molecular formula is C21H30O2. The van der Waals surface area contributed by atoms with E-state index in [9.17, 15) is 0 Å². The molecule has 0 aromatic heterocycles. The van der Waals surface area contributed by atoms with Gasteiger partial charge < -0.3 is 9.84 Å². The number of hydrogen-bond donors (Lipinski definition) is 1. The first-order valence-corrected chi connectivity index (χ1v) is 9.20. The summed E-state index contributed by atoms with van der Waals surface area (Å²) in [4.78, 5) is 0. The highest BCUT2D eigenvalue weighted by atomic mass is 16.6. The normalized spacial score (nSPS) is 19.2. The van der Waals surface area contributed by atoms with E-state index in [2.05, 4.69) is 24.8 Å². The van der Waals surface area contributed by atoms with Crippen LogP contribution in [0.25, 0.3) is 0 Å². The van der Waals surface area contributed by atoms with Crippen LogP contribution in [0.2, 0.25) is 0 Å². The van der Waals surface area contributed by atoms with E-state index in [1.807, 2.05) is 18.2 Å². The molecule has 1 saturated heterocycles. The number of benzene rings is 1. The van der Waals surface area contributed by atoms with Gasteiger partial charge in [-0.25, -0.2) is 0 Å². The van der Waals surface area contributed by atoms with Gasteiger partial charge in [0, 0.05) is 12.0 Å². The molecule has 2 nitrogen and oxygen atoms in total. The van der Waals surface area contributed by atoms with Crippen molar-refractivity contribution in [2.45, 2.75) is 76.9 Å². The second kappa shape index (κ2) is 10.5. The number of ether oxygens (including phenoxy) is 1. The van der Waals surface area contributed by atoms with Crippen molar-refractivity contribution in [3.8, 4) is 11.8 Å². The molecule has 1 N–H and O–H groups in total. The molecule has 1 aromatic rings. The lowest BCUT2D eigenvalue weighted by atomic mass is 10.1. The fraction of sp³-hybridized carbons (Fsp3) is 0.619. The lowest BCUT2D eigenvalue weighted by Gasteiger charge is -1.99. The monoisotopic (exact) mass is 314 g/mol. The van der Waals surface area contributed by atoms with Gasteiger partial charge in [0.25, 0.3) is 0 Å². The minimum absolute atomic E-state index is 0.0180. The Morgan fingerprint density at radius 1 is 1.04 bits per heavy atom. The quantitative estimate of drug-likeness (QED) is 0.374. The van der Waals surface area contributed by atoms with Crippen molar-refractivity contribution in [3.63, 3.8) is 0 Å². The molecule has 0 aliphatic carbocycles. The molecule has 2 atom stereocenters. The van der Waals surface area contributed by atoms with Gasteiger partial charge in [-0.05, 0) is 24.1 Å². The average Bonchev–Trinajstić information content (AvgIpc) is 3.37. The molecule has 2 rings (SSSR count). The summed E-state index contributed by atoms with van der Waals surface area (Å²) in [6.45, 7) is 2.36. The van der Waals surface area contributed by atoms with Crippen molar-refractivity contribution in [3.05, 3.63) is 35.4 Å². The van der Waals surface area contributed by atoms with Crippen LogP contribution in [0.4, 0.5) is 0 Å². The highest BCUT2D eigenvalue weighted by Gasteiger charge is 2.39. The molecular weight excluding hydrogens is 284 g/mol. The van der Waals surface area contributed by atoms with Crippen molar-refractivity contribution >= 4 is 0 Å². The molecule has 1 fully saturated rings. The number of hydrogen-bond acceptors (Lipinski definition) is 2. The van der Waals surface area contributed by atoms with Crippen LogP contribution in [-0.4, -0.2) is 17.8 Å². The number of unbranched alkanes of at least 4 members (excludes halogenated alkanes) is 8. The highest BCUT2D eigenvalue weighted by Crippen LogP contribution is 2.38. The molecule has 0 bridgehead atoms. The van der Waals surface area contributed by atoms with Crippen LogP contribution in [0.15, 0.2) is 24.3 Å². The van der Waals surface area contributed by atoms with Crippen LogP contribution in [0.5, 0.6) is 0 Å². The van der Waals surface area contributed by atoms with Gasteiger partial charge in [-0.1, -0.05) is 75.8 Å². The first-order valence-electron chi connectivity index (χ1n) is 9.20. The molecule has 0 amide bonds. The SMILES string of the molecule is CCCCCCCCCCC#Cc1cccc(C2OC2CO)c1. The summed E-state index contributed by atoms with van der Waals surface area (Å²) < 4.78 is 5.41. The Morgan fingerprint density at radius 3 is 2.48 bits per heavy atom. The fourth-order valence-electron chi connectivity index (χ4n) is 2.88. The van der Waals surface area contributed by atoms with Crippen molar-refractivity contribution < 1.29 is 9.84 Å². The number of aliphatic hydroxyl groups excluding tert-OH is 1. The summed E-state index contributed by atoms with van der Waals surface area (Å²) in [5.41, 5.74) is 2.18. The maximum atomic E-state index is 9.06. The molecule has 0 saturated carbocycles. The molecule has 1 heterocycles. The fourth-order valence-corrected chi connectivity index (χ4v) is 2.88. The molecule has 1 aliphatic rings. The number of aliphatic hydroxyl groups is 1. The molecule has 1 aliphatic heterocycles. The van der Waals surface area contributed by atoms with Gasteiger partial charge in [0.15, 0.2) is 0 Å². The van der Waals surface area contributed by atoms with Crippen LogP contribution < -0.4 is 0 Å². The van der Waals surface area contributed by atoms with E-state index in [0.29, 0.717) is 0 Å². The summed E-state index contributed by atoms with van der Waals surface area (Å²) in [7, 11) is 0. The van der Waals surface area contributed by atoms with E-state index in [0.717, 1.165) is 17.5 Å².